The summed E-state index contributed by atoms with van der Waals surface area (Å²) in [6.07, 6.45) is 5.34. The first-order valence-electron chi connectivity index (χ1n) is 2.33. The fraction of sp³-hybridized carbons (Fsp3) is 0.200. The van der Waals surface area contributed by atoms with Crippen LogP contribution in [0.1, 0.15) is 0 Å². The van der Waals surface area contributed by atoms with E-state index < -0.39 is 0 Å². The molecule has 1 rings (SSSR count). The first-order chi connectivity index (χ1) is 4.00. The van der Waals surface area contributed by atoms with E-state index in [2.05, 4.69) is 4.72 Å². The summed E-state index contributed by atoms with van der Waals surface area (Å²) < 4.78 is 7.84. The van der Waals surface area contributed by atoms with E-state index in [1.165, 1.54) is 11.9 Å². The summed E-state index contributed by atoms with van der Waals surface area (Å²) in [7, 11) is 0. The van der Waals surface area contributed by atoms with Gasteiger partial charge in [-0.1, -0.05) is 0 Å². The molecule has 1 N–H and O–H groups in total. The van der Waals surface area contributed by atoms with Crippen molar-refractivity contribution in [1.29, 1.82) is 0 Å². The van der Waals surface area contributed by atoms with Crippen molar-refractivity contribution < 1.29 is 4.74 Å². The number of hydrogen-bond donors (Lipinski definition) is 1. The van der Waals surface area contributed by atoms with E-state index in [-0.39, 0.29) is 0 Å². The van der Waals surface area contributed by atoms with Crippen LogP contribution in [-0.2, 0) is 4.74 Å². The quantitative estimate of drug-likeness (QED) is 0.497. The molecule has 0 radical (unpaired) electrons. The molecule has 44 valence electrons. The third-order valence-electron chi connectivity index (χ3n) is 0.657. The van der Waals surface area contributed by atoms with Gasteiger partial charge in [-0.05, 0) is 23.4 Å². The molecule has 0 saturated heterocycles. The van der Waals surface area contributed by atoms with Gasteiger partial charge in [0.15, 0.2) is 0 Å². The van der Waals surface area contributed by atoms with Gasteiger partial charge in [0.25, 0.3) is 0 Å². The highest BCUT2D eigenvalue weighted by Crippen LogP contribution is 1.97. The van der Waals surface area contributed by atoms with Gasteiger partial charge in [-0.15, -0.1) is 0 Å². The van der Waals surface area contributed by atoms with Crippen molar-refractivity contribution in [1.82, 2.24) is 4.72 Å². The van der Waals surface area contributed by atoms with Crippen LogP contribution < -0.4 is 4.72 Å². The molecule has 0 unspecified atom stereocenters. The molecule has 0 spiro atoms. The van der Waals surface area contributed by atoms with E-state index in [0.29, 0.717) is 6.61 Å². The summed E-state index contributed by atoms with van der Waals surface area (Å²) in [5.41, 5.74) is 0. The predicted molar refractivity (Wildman–Crippen MR) is 35.0 cm³/mol. The Kier molecular flexibility index (Phi) is 2.39. The molecule has 2 nitrogen and oxygen atoms in total. The zero-order chi connectivity index (χ0) is 5.66. The largest absolute Gasteiger partial charge is 0.496 e. The minimum atomic E-state index is 0.672. The number of rotatable bonds is 0. The topological polar surface area (TPSA) is 21.3 Å². The number of ether oxygens (including phenoxy) is 1. The van der Waals surface area contributed by atoms with Gasteiger partial charge in [0.05, 0.1) is 6.26 Å². The van der Waals surface area contributed by atoms with Gasteiger partial charge in [0, 0.05) is 6.20 Å². The van der Waals surface area contributed by atoms with Crippen LogP contribution in [0.5, 0.6) is 0 Å². The Bertz CT molecular complexity index is 85.0. The van der Waals surface area contributed by atoms with Crippen molar-refractivity contribution in [3.05, 3.63) is 23.9 Å². The highest BCUT2D eigenvalue weighted by atomic mass is 32.2. The maximum absolute atomic E-state index is 4.93. The van der Waals surface area contributed by atoms with E-state index in [9.17, 15) is 0 Å². The van der Waals surface area contributed by atoms with Gasteiger partial charge in [-0.25, -0.2) is 0 Å². The average molecular weight is 129 g/mol. The smallest absolute Gasteiger partial charge is 0.106 e. The molecular weight excluding hydrogens is 122 g/mol. The van der Waals surface area contributed by atoms with E-state index in [1.54, 1.807) is 12.5 Å². The molecule has 0 amide bonds. The molecule has 0 atom stereocenters. The minimum absolute atomic E-state index is 0.672. The van der Waals surface area contributed by atoms with Gasteiger partial charge >= 0.3 is 0 Å². The highest BCUT2D eigenvalue weighted by Gasteiger charge is 1.79. The maximum Gasteiger partial charge on any atom is 0.106 e. The fourth-order valence-electron chi connectivity index (χ4n) is 0.353. The van der Waals surface area contributed by atoms with Gasteiger partial charge in [-0.3, -0.25) is 0 Å². The number of nitrogens with one attached hydrogen (secondary N) is 1. The van der Waals surface area contributed by atoms with Crippen LogP contribution in [0.25, 0.3) is 0 Å². The van der Waals surface area contributed by atoms with Gasteiger partial charge < -0.3 is 9.46 Å². The monoisotopic (exact) mass is 129 g/mol. The lowest BCUT2D eigenvalue weighted by molar-refractivity contribution is 0.288. The third kappa shape index (κ3) is 1.93. The standard InChI is InChI=1S/C5H7NOS/c1-3-7-4-2-6-8-5-1/h1-2,4-6H,3H2/b4-2-,5-1-. The summed E-state index contributed by atoms with van der Waals surface area (Å²) in [6, 6.07) is 0. The summed E-state index contributed by atoms with van der Waals surface area (Å²) >= 11 is 1.53. The second-order valence-electron chi connectivity index (χ2n) is 1.24. The van der Waals surface area contributed by atoms with Crippen molar-refractivity contribution in [2.45, 2.75) is 0 Å². The van der Waals surface area contributed by atoms with Gasteiger partial charge in [-0.2, -0.15) is 0 Å². The van der Waals surface area contributed by atoms with Crippen LogP contribution >= 0.6 is 11.9 Å². The Balaban J connectivity index is 2.29. The van der Waals surface area contributed by atoms with Gasteiger partial charge in [0.2, 0.25) is 0 Å². The normalized spacial score (nSPS) is 26.0. The zero-order valence-corrected chi connectivity index (χ0v) is 5.15. The SMILES string of the molecule is C1=C\SN/C=C\OC/1. The number of hydrogen-bond acceptors (Lipinski definition) is 3. The lowest BCUT2D eigenvalue weighted by atomic mass is 10.7. The summed E-state index contributed by atoms with van der Waals surface area (Å²) in [6.45, 7) is 0.672. The summed E-state index contributed by atoms with van der Waals surface area (Å²) in [4.78, 5) is 0. The van der Waals surface area contributed by atoms with Crippen LogP contribution in [0.2, 0.25) is 0 Å². The molecule has 0 aromatic carbocycles. The maximum atomic E-state index is 4.93. The van der Waals surface area contributed by atoms with E-state index in [0.717, 1.165) is 0 Å². The molecule has 0 aromatic rings. The predicted octanol–water partition coefficient (Wildman–Crippen LogP) is 1.24. The highest BCUT2D eigenvalue weighted by molar-refractivity contribution is 8.00. The fourth-order valence-corrected chi connectivity index (χ4v) is 0.740. The molecule has 1 heterocycles. The van der Waals surface area contributed by atoms with Crippen LogP contribution in [-0.4, -0.2) is 6.61 Å². The van der Waals surface area contributed by atoms with Crippen LogP contribution in [0.4, 0.5) is 0 Å². The van der Waals surface area contributed by atoms with Crippen molar-refractivity contribution in [3.8, 4) is 0 Å². The van der Waals surface area contributed by atoms with Crippen molar-refractivity contribution in [2.24, 2.45) is 0 Å². The van der Waals surface area contributed by atoms with Crippen molar-refractivity contribution in [2.75, 3.05) is 6.61 Å². The van der Waals surface area contributed by atoms with Crippen LogP contribution in [0.3, 0.4) is 0 Å². The Morgan fingerprint density at radius 1 is 1.62 bits per heavy atom. The second-order valence-corrected chi connectivity index (χ2v) is 1.99. The van der Waals surface area contributed by atoms with Crippen LogP contribution in [0.15, 0.2) is 23.9 Å². The molecular formula is C5H7NOS. The first kappa shape index (κ1) is 5.56. The molecule has 1 aliphatic heterocycles. The lowest BCUT2D eigenvalue weighted by Gasteiger charge is -1.98. The first-order valence-corrected chi connectivity index (χ1v) is 3.21. The zero-order valence-electron chi connectivity index (χ0n) is 4.33. The molecule has 1 aliphatic rings. The Morgan fingerprint density at radius 2 is 2.62 bits per heavy atom. The van der Waals surface area contributed by atoms with Crippen LogP contribution in [0, 0.1) is 0 Å². The summed E-state index contributed by atoms with van der Waals surface area (Å²) in [5, 5.41) is 1.95. The summed E-state index contributed by atoms with van der Waals surface area (Å²) in [5.74, 6) is 0. The second kappa shape index (κ2) is 3.43. The molecule has 0 fully saturated rings. The molecule has 8 heavy (non-hydrogen) atoms. The Hall–Kier alpha value is -0.570. The average Bonchev–Trinajstić information content (AvgIpc) is 1.62. The molecule has 3 heteroatoms. The van der Waals surface area contributed by atoms with E-state index in [1.807, 2.05) is 11.5 Å². The lowest BCUT2D eigenvalue weighted by Crippen LogP contribution is -1.92. The van der Waals surface area contributed by atoms with E-state index >= 15 is 0 Å². The van der Waals surface area contributed by atoms with Crippen molar-refractivity contribution >= 4 is 11.9 Å². The third-order valence-corrected chi connectivity index (χ3v) is 1.26. The Morgan fingerprint density at radius 3 is 3.62 bits per heavy atom. The molecule has 0 aliphatic carbocycles. The minimum Gasteiger partial charge on any atom is -0.496 e. The molecule has 0 saturated carbocycles. The van der Waals surface area contributed by atoms with Crippen molar-refractivity contribution in [3.63, 3.8) is 0 Å². The van der Waals surface area contributed by atoms with E-state index in [4.69, 9.17) is 4.74 Å². The molecule has 0 aromatic heterocycles. The van der Waals surface area contributed by atoms with Gasteiger partial charge in [0.1, 0.15) is 6.61 Å². The molecule has 0 bridgehead atoms. The Labute approximate surface area is 52.7 Å².